The summed E-state index contributed by atoms with van der Waals surface area (Å²) in [6, 6.07) is 18.3. The molecule has 0 aliphatic carbocycles. The summed E-state index contributed by atoms with van der Waals surface area (Å²) in [5.74, 6) is 1.24. The summed E-state index contributed by atoms with van der Waals surface area (Å²) in [4.78, 5) is 17.1. The van der Waals surface area contributed by atoms with Crippen molar-refractivity contribution in [3.05, 3.63) is 72.2 Å². The summed E-state index contributed by atoms with van der Waals surface area (Å²) in [6.45, 7) is 1.06. The molecule has 0 bridgehead atoms. The molecule has 0 unspecified atom stereocenters. The predicted octanol–water partition coefficient (Wildman–Crippen LogP) is 4.85. The van der Waals surface area contributed by atoms with Crippen LogP contribution < -0.4 is 5.32 Å². The van der Waals surface area contributed by atoms with Gasteiger partial charge in [-0.3, -0.25) is 4.79 Å². The third kappa shape index (κ3) is 4.45. The molecule has 4 rings (SSSR count). The van der Waals surface area contributed by atoms with Gasteiger partial charge in [0, 0.05) is 36.8 Å². The SMILES string of the molecule is O=C(CCCc1ccccc1)Nc1cccc(-c2cn3c(n2)CCCC3)c1. The Kier molecular flexibility index (Phi) is 5.33. The molecule has 3 aromatic rings. The molecule has 1 aliphatic heterocycles. The molecule has 1 aromatic heterocycles. The zero-order valence-corrected chi connectivity index (χ0v) is 15.5. The third-order valence-corrected chi connectivity index (χ3v) is 5.06. The number of amides is 1. The van der Waals surface area contributed by atoms with Gasteiger partial charge in [0.2, 0.25) is 5.91 Å². The Morgan fingerprint density at radius 2 is 1.96 bits per heavy atom. The van der Waals surface area contributed by atoms with Crippen molar-refractivity contribution in [2.24, 2.45) is 0 Å². The smallest absolute Gasteiger partial charge is 0.224 e. The van der Waals surface area contributed by atoms with E-state index >= 15 is 0 Å². The van der Waals surface area contributed by atoms with Crippen LogP contribution in [0.2, 0.25) is 0 Å². The number of aryl methyl sites for hydroxylation is 3. The van der Waals surface area contributed by atoms with Gasteiger partial charge in [-0.25, -0.2) is 4.98 Å². The fourth-order valence-corrected chi connectivity index (χ4v) is 3.63. The second kappa shape index (κ2) is 8.21. The molecular formula is C23H25N3O. The van der Waals surface area contributed by atoms with Crippen molar-refractivity contribution in [2.45, 2.75) is 45.1 Å². The Morgan fingerprint density at radius 3 is 2.81 bits per heavy atom. The molecule has 0 radical (unpaired) electrons. The molecule has 4 nitrogen and oxygen atoms in total. The van der Waals surface area contributed by atoms with E-state index in [4.69, 9.17) is 4.98 Å². The quantitative estimate of drug-likeness (QED) is 0.684. The summed E-state index contributed by atoms with van der Waals surface area (Å²) in [7, 11) is 0. The van der Waals surface area contributed by atoms with Crippen LogP contribution in [0.1, 0.15) is 37.1 Å². The summed E-state index contributed by atoms with van der Waals surface area (Å²) in [5.41, 5.74) is 4.16. The van der Waals surface area contributed by atoms with Gasteiger partial charge in [0.1, 0.15) is 5.82 Å². The second-order valence-electron chi connectivity index (χ2n) is 7.16. The van der Waals surface area contributed by atoms with Gasteiger partial charge in [-0.1, -0.05) is 42.5 Å². The van der Waals surface area contributed by atoms with E-state index in [0.29, 0.717) is 6.42 Å². The Morgan fingerprint density at radius 1 is 1.07 bits per heavy atom. The maximum atomic E-state index is 12.3. The molecule has 2 aromatic carbocycles. The monoisotopic (exact) mass is 359 g/mol. The minimum Gasteiger partial charge on any atom is -0.334 e. The summed E-state index contributed by atoms with van der Waals surface area (Å²) < 4.78 is 2.26. The van der Waals surface area contributed by atoms with Crippen molar-refractivity contribution >= 4 is 11.6 Å². The van der Waals surface area contributed by atoms with Gasteiger partial charge in [-0.15, -0.1) is 0 Å². The van der Waals surface area contributed by atoms with Crippen LogP contribution in [-0.2, 0) is 24.2 Å². The van der Waals surface area contributed by atoms with Gasteiger partial charge in [-0.2, -0.15) is 0 Å². The van der Waals surface area contributed by atoms with Crippen LogP contribution in [0.5, 0.6) is 0 Å². The number of carbonyl (C=O) groups excluding carboxylic acids is 1. The van der Waals surface area contributed by atoms with Crippen molar-refractivity contribution in [1.29, 1.82) is 0 Å². The lowest BCUT2D eigenvalue weighted by atomic mass is 10.1. The summed E-state index contributed by atoms with van der Waals surface area (Å²) >= 11 is 0. The van der Waals surface area contributed by atoms with E-state index in [-0.39, 0.29) is 5.91 Å². The molecule has 0 saturated carbocycles. The third-order valence-electron chi connectivity index (χ3n) is 5.06. The molecule has 1 amide bonds. The Hall–Kier alpha value is -2.88. The minimum absolute atomic E-state index is 0.0622. The predicted molar refractivity (Wildman–Crippen MR) is 109 cm³/mol. The zero-order valence-electron chi connectivity index (χ0n) is 15.5. The average molecular weight is 359 g/mol. The van der Waals surface area contributed by atoms with E-state index in [1.807, 2.05) is 36.4 Å². The Labute approximate surface area is 160 Å². The van der Waals surface area contributed by atoms with Crippen molar-refractivity contribution in [2.75, 3.05) is 5.32 Å². The number of imidazole rings is 1. The van der Waals surface area contributed by atoms with Crippen molar-refractivity contribution < 1.29 is 4.79 Å². The Bertz CT molecular complexity index is 891. The van der Waals surface area contributed by atoms with Crippen LogP contribution in [0.3, 0.4) is 0 Å². The van der Waals surface area contributed by atoms with Crippen LogP contribution in [0.15, 0.2) is 60.8 Å². The first kappa shape index (κ1) is 17.5. The molecule has 1 N–H and O–H groups in total. The highest BCUT2D eigenvalue weighted by atomic mass is 16.1. The highest BCUT2D eigenvalue weighted by Gasteiger charge is 2.13. The highest BCUT2D eigenvalue weighted by molar-refractivity contribution is 5.91. The molecule has 138 valence electrons. The van der Waals surface area contributed by atoms with Gasteiger partial charge in [0.25, 0.3) is 0 Å². The number of hydrogen-bond acceptors (Lipinski definition) is 2. The number of nitrogens with one attached hydrogen (secondary N) is 1. The molecule has 4 heteroatoms. The van der Waals surface area contributed by atoms with Crippen LogP contribution in [0.25, 0.3) is 11.3 Å². The van der Waals surface area contributed by atoms with Gasteiger partial charge in [-0.05, 0) is 43.4 Å². The lowest BCUT2D eigenvalue weighted by molar-refractivity contribution is -0.116. The molecule has 0 atom stereocenters. The maximum absolute atomic E-state index is 12.3. The first-order valence-electron chi connectivity index (χ1n) is 9.78. The Balaban J connectivity index is 1.36. The van der Waals surface area contributed by atoms with Crippen molar-refractivity contribution in [3.63, 3.8) is 0 Å². The number of rotatable bonds is 6. The standard InChI is InChI=1S/C23H25N3O/c27-23(14-6-10-18-8-2-1-3-9-18)24-20-12-7-11-19(16-20)21-17-26-15-5-4-13-22(26)25-21/h1-3,7-9,11-12,16-17H,4-6,10,13-15H2,(H,24,27). The number of aromatic nitrogens is 2. The zero-order chi connectivity index (χ0) is 18.5. The number of anilines is 1. The van der Waals surface area contributed by atoms with Gasteiger partial charge < -0.3 is 9.88 Å². The van der Waals surface area contributed by atoms with Crippen LogP contribution in [0.4, 0.5) is 5.69 Å². The second-order valence-corrected chi connectivity index (χ2v) is 7.16. The molecule has 0 fully saturated rings. The fourth-order valence-electron chi connectivity index (χ4n) is 3.63. The van der Waals surface area contributed by atoms with E-state index in [0.717, 1.165) is 42.8 Å². The van der Waals surface area contributed by atoms with Gasteiger partial charge >= 0.3 is 0 Å². The molecule has 0 spiro atoms. The lowest BCUT2D eigenvalue weighted by Gasteiger charge is -2.11. The van der Waals surface area contributed by atoms with E-state index in [9.17, 15) is 4.79 Å². The number of hydrogen-bond donors (Lipinski definition) is 1. The van der Waals surface area contributed by atoms with E-state index in [2.05, 4.69) is 34.3 Å². The number of carbonyl (C=O) groups is 1. The average Bonchev–Trinajstić information content (AvgIpc) is 3.13. The molecule has 1 aliphatic rings. The van der Waals surface area contributed by atoms with Crippen LogP contribution in [0, 0.1) is 0 Å². The number of benzene rings is 2. The van der Waals surface area contributed by atoms with Crippen LogP contribution in [-0.4, -0.2) is 15.5 Å². The van der Waals surface area contributed by atoms with Gasteiger partial charge in [0.15, 0.2) is 0 Å². The summed E-state index contributed by atoms with van der Waals surface area (Å²) in [6.07, 6.45) is 7.93. The molecule has 27 heavy (non-hydrogen) atoms. The van der Waals surface area contributed by atoms with Crippen molar-refractivity contribution in [3.8, 4) is 11.3 Å². The topological polar surface area (TPSA) is 46.9 Å². The molecule has 2 heterocycles. The highest BCUT2D eigenvalue weighted by Crippen LogP contribution is 2.25. The van der Waals surface area contributed by atoms with Gasteiger partial charge in [0.05, 0.1) is 5.69 Å². The van der Waals surface area contributed by atoms with E-state index < -0.39 is 0 Å². The summed E-state index contributed by atoms with van der Waals surface area (Å²) in [5, 5.41) is 3.03. The molecular weight excluding hydrogens is 334 g/mol. The van der Waals surface area contributed by atoms with Crippen molar-refractivity contribution in [1.82, 2.24) is 9.55 Å². The first-order valence-corrected chi connectivity index (χ1v) is 9.78. The largest absolute Gasteiger partial charge is 0.334 e. The maximum Gasteiger partial charge on any atom is 0.224 e. The normalized spacial score (nSPS) is 13.2. The number of fused-ring (bicyclic) bond motifs is 1. The lowest BCUT2D eigenvalue weighted by Crippen LogP contribution is -2.11. The first-order chi connectivity index (χ1) is 13.3. The fraction of sp³-hybridized carbons (Fsp3) is 0.304. The number of nitrogens with zero attached hydrogens (tertiary/aromatic N) is 2. The van der Waals surface area contributed by atoms with E-state index in [1.165, 1.54) is 24.2 Å². The molecule has 0 saturated heterocycles. The van der Waals surface area contributed by atoms with E-state index in [1.54, 1.807) is 0 Å². The minimum atomic E-state index is 0.0622. The van der Waals surface area contributed by atoms with Crippen LogP contribution >= 0.6 is 0 Å².